The molecule has 2 nitrogen and oxygen atoms in total. The number of fused-ring (bicyclic) bond motifs is 3. The molecule has 2 aromatic carbocycles. The molecule has 84 valence electrons. The van der Waals surface area contributed by atoms with Gasteiger partial charge in [-0.3, -0.25) is 4.98 Å². The van der Waals surface area contributed by atoms with Crippen molar-refractivity contribution in [1.29, 1.82) is 0 Å². The topological polar surface area (TPSA) is 22.1 Å². The molecule has 1 heterocycles. The van der Waals surface area contributed by atoms with Gasteiger partial charge in [-0.15, -0.1) is 0 Å². The largest absolute Gasteiger partial charge is 0.496 e. The first-order chi connectivity index (χ1) is 8.31. The van der Waals surface area contributed by atoms with Crippen LogP contribution in [0.5, 0.6) is 5.75 Å². The second-order valence-electron chi connectivity index (χ2n) is 4.15. The molecule has 0 saturated heterocycles. The number of hydrogen-bond acceptors (Lipinski definition) is 2. The molecule has 0 aliphatic heterocycles. The summed E-state index contributed by atoms with van der Waals surface area (Å²) in [5.74, 6) is 0.907. The van der Waals surface area contributed by atoms with Crippen LogP contribution in [0.3, 0.4) is 0 Å². The SMILES string of the molecule is COc1cc2c(C)ccnc2c2ccccc12. The molecule has 0 radical (unpaired) electrons. The summed E-state index contributed by atoms with van der Waals surface area (Å²) in [4.78, 5) is 4.49. The van der Waals surface area contributed by atoms with Gasteiger partial charge in [0.1, 0.15) is 5.75 Å². The van der Waals surface area contributed by atoms with E-state index in [1.165, 1.54) is 5.56 Å². The lowest BCUT2D eigenvalue weighted by molar-refractivity contribution is 0.420. The fourth-order valence-corrected chi connectivity index (χ4v) is 2.25. The van der Waals surface area contributed by atoms with Crippen LogP contribution in [0.25, 0.3) is 21.7 Å². The first-order valence-electron chi connectivity index (χ1n) is 5.62. The Bertz CT molecular complexity index is 704. The highest BCUT2D eigenvalue weighted by Gasteiger charge is 2.08. The molecular weight excluding hydrogens is 210 g/mol. The van der Waals surface area contributed by atoms with Crippen LogP contribution in [0.4, 0.5) is 0 Å². The molecule has 0 aliphatic rings. The van der Waals surface area contributed by atoms with Crippen molar-refractivity contribution >= 4 is 21.7 Å². The van der Waals surface area contributed by atoms with Gasteiger partial charge in [0.15, 0.2) is 0 Å². The summed E-state index contributed by atoms with van der Waals surface area (Å²) >= 11 is 0. The second kappa shape index (κ2) is 3.74. The molecule has 0 saturated carbocycles. The quantitative estimate of drug-likeness (QED) is 0.587. The van der Waals surface area contributed by atoms with Gasteiger partial charge in [0.2, 0.25) is 0 Å². The number of benzene rings is 2. The third-order valence-corrected chi connectivity index (χ3v) is 3.15. The highest BCUT2D eigenvalue weighted by atomic mass is 16.5. The van der Waals surface area contributed by atoms with E-state index in [0.29, 0.717) is 0 Å². The van der Waals surface area contributed by atoms with Crippen LogP contribution in [-0.4, -0.2) is 12.1 Å². The molecule has 17 heavy (non-hydrogen) atoms. The predicted molar refractivity (Wildman–Crippen MR) is 70.5 cm³/mol. The molecular formula is C15H13NO. The predicted octanol–water partition coefficient (Wildman–Crippen LogP) is 3.71. The number of aryl methyl sites for hydroxylation is 1. The molecule has 3 aromatic rings. The number of aromatic nitrogens is 1. The highest BCUT2D eigenvalue weighted by molar-refractivity contribution is 6.09. The van der Waals surface area contributed by atoms with Gasteiger partial charge in [0, 0.05) is 22.4 Å². The normalized spacial score (nSPS) is 10.9. The van der Waals surface area contributed by atoms with Crippen LogP contribution in [0.1, 0.15) is 5.56 Å². The van der Waals surface area contributed by atoms with Crippen LogP contribution in [0.2, 0.25) is 0 Å². The first-order valence-corrected chi connectivity index (χ1v) is 5.62. The molecule has 0 unspecified atom stereocenters. The number of hydrogen-bond donors (Lipinski definition) is 0. The van der Waals surface area contributed by atoms with E-state index in [0.717, 1.165) is 27.4 Å². The Labute approximate surface area is 99.9 Å². The smallest absolute Gasteiger partial charge is 0.127 e. The summed E-state index contributed by atoms with van der Waals surface area (Å²) in [6, 6.07) is 12.3. The van der Waals surface area contributed by atoms with Gasteiger partial charge in [-0.2, -0.15) is 0 Å². The van der Waals surface area contributed by atoms with E-state index in [-0.39, 0.29) is 0 Å². The number of rotatable bonds is 1. The van der Waals surface area contributed by atoms with E-state index in [2.05, 4.69) is 30.1 Å². The zero-order valence-electron chi connectivity index (χ0n) is 9.90. The Hall–Kier alpha value is -2.09. The average Bonchev–Trinajstić information content (AvgIpc) is 2.38. The maximum absolute atomic E-state index is 5.46. The monoisotopic (exact) mass is 223 g/mol. The molecule has 0 N–H and O–H groups in total. The lowest BCUT2D eigenvalue weighted by atomic mass is 10.0. The molecule has 0 spiro atoms. The van der Waals surface area contributed by atoms with Gasteiger partial charge in [-0.25, -0.2) is 0 Å². The molecule has 1 aromatic heterocycles. The fraction of sp³-hybridized carbons (Fsp3) is 0.133. The molecule has 0 atom stereocenters. The van der Waals surface area contributed by atoms with Crippen LogP contribution >= 0.6 is 0 Å². The van der Waals surface area contributed by atoms with Crippen molar-refractivity contribution in [2.45, 2.75) is 6.92 Å². The standard InChI is InChI=1S/C15H13NO/c1-10-7-8-16-15-12-6-4-3-5-11(12)14(17-2)9-13(10)15/h3-9H,1-2H3. The van der Waals surface area contributed by atoms with Gasteiger partial charge in [-0.1, -0.05) is 24.3 Å². The second-order valence-corrected chi connectivity index (χ2v) is 4.15. The molecule has 0 aliphatic carbocycles. The average molecular weight is 223 g/mol. The maximum Gasteiger partial charge on any atom is 0.127 e. The van der Waals surface area contributed by atoms with E-state index >= 15 is 0 Å². The third-order valence-electron chi connectivity index (χ3n) is 3.15. The Balaban J connectivity index is 2.59. The Morgan fingerprint density at radius 1 is 1.00 bits per heavy atom. The summed E-state index contributed by atoms with van der Waals surface area (Å²) in [5.41, 5.74) is 2.26. The Morgan fingerprint density at radius 2 is 1.76 bits per heavy atom. The zero-order valence-corrected chi connectivity index (χ0v) is 9.90. The Morgan fingerprint density at radius 3 is 2.53 bits per heavy atom. The summed E-state index contributed by atoms with van der Waals surface area (Å²) in [6.07, 6.45) is 1.86. The van der Waals surface area contributed by atoms with Crippen molar-refractivity contribution in [2.75, 3.05) is 7.11 Å². The zero-order chi connectivity index (χ0) is 11.8. The van der Waals surface area contributed by atoms with Gasteiger partial charge in [-0.05, 0) is 24.6 Å². The summed E-state index contributed by atoms with van der Waals surface area (Å²) < 4.78 is 5.46. The van der Waals surface area contributed by atoms with Crippen molar-refractivity contribution in [3.05, 3.63) is 48.2 Å². The van der Waals surface area contributed by atoms with Crippen molar-refractivity contribution in [2.24, 2.45) is 0 Å². The lowest BCUT2D eigenvalue weighted by Gasteiger charge is -2.09. The summed E-state index contributed by atoms with van der Waals surface area (Å²) in [5, 5.41) is 3.41. The molecule has 2 heteroatoms. The van der Waals surface area contributed by atoms with Crippen molar-refractivity contribution in [3.8, 4) is 5.75 Å². The van der Waals surface area contributed by atoms with Gasteiger partial charge >= 0.3 is 0 Å². The lowest BCUT2D eigenvalue weighted by Crippen LogP contribution is -1.89. The van der Waals surface area contributed by atoms with Crippen LogP contribution in [0.15, 0.2) is 42.6 Å². The Kier molecular flexibility index (Phi) is 2.22. The van der Waals surface area contributed by atoms with E-state index in [1.807, 2.05) is 24.4 Å². The highest BCUT2D eigenvalue weighted by Crippen LogP contribution is 2.33. The van der Waals surface area contributed by atoms with E-state index < -0.39 is 0 Å². The van der Waals surface area contributed by atoms with E-state index in [4.69, 9.17) is 4.74 Å². The number of methoxy groups -OCH3 is 1. The third kappa shape index (κ3) is 1.45. The van der Waals surface area contributed by atoms with Crippen molar-refractivity contribution in [3.63, 3.8) is 0 Å². The van der Waals surface area contributed by atoms with E-state index in [9.17, 15) is 0 Å². The number of nitrogens with zero attached hydrogens (tertiary/aromatic N) is 1. The molecule has 3 rings (SSSR count). The minimum Gasteiger partial charge on any atom is -0.496 e. The van der Waals surface area contributed by atoms with Gasteiger partial charge < -0.3 is 4.74 Å². The first kappa shape index (κ1) is 10.1. The van der Waals surface area contributed by atoms with Crippen LogP contribution in [-0.2, 0) is 0 Å². The van der Waals surface area contributed by atoms with Gasteiger partial charge in [0.25, 0.3) is 0 Å². The fourth-order valence-electron chi connectivity index (χ4n) is 2.25. The maximum atomic E-state index is 5.46. The van der Waals surface area contributed by atoms with Crippen LogP contribution in [0, 0.1) is 6.92 Å². The minimum absolute atomic E-state index is 0.907. The van der Waals surface area contributed by atoms with E-state index in [1.54, 1.807) is 7.11 Å². The molecule has 0 amide bonds. The van der Waals surface area contributed by atoms with Crippen LogP contribution < -0.4 is 4.74 Å². The number of ether oxygens (including phenoxy) is 1. The van der Waals surface area contributed by atoms with Gasteiger partial charge in [0.05, 0.1) is 12.6 Å². The van der Waals surface area contributed by atoms with Crippen molar-refractivity contribution < 1.29 is 4.74 Å². The minimum atomic E-state index is 0.907. The summed E-state index contributed by atoms with van der Waals surface area (Å²) in [7, 11) is 1.71. The van der Waals surface area contributed by atoms with Crippen molar-refractivity contribution in [1.82, 2.24) is 4.98 Å². The summed E-state index contributed by atoms with van der Waals surface area (Å²) in [6.45, 7) is 2.10. The molecule has 0 fully saturated rings. The number of pyridine rings is 1. The molecule has 0 bridgehead atoms.